The maximum atomic E-state index is 13.6. The lowest BCUT2D eigenvalue weighted by Crippen LogP contribution is -2.79. The van der Waals surface area contributed by atoms with Gasteiger partial charge in [0.15, 0.2) is 0 Å². The lowest BCUT2D eigenvalue weighted by Gasteiger charge is -2.03. The van der Waals surface area contributed by atoms with Gasteiger partial charge in [-0.15, -0.1) is 0 Å². The fraction of sp³-hybridized carbons (Fsp3) is 0.118. The number of aromatic nitrogens is 1. The van der Waals surface area contributed by atoms with Crippen LogP contribution in [0, 0.1) is 5.82 Å². The molecule has 1 heterocycles. The molecule has 8 heteroatoms. The number of nitrogens with two attached hydrogens (primary N) is 1. The Labute approximate surface area is 144 Å². The van der Waals surface area contributed by atoms with Crippen LogP contribution in [-0.4, -0.2) is 25.9 Å². The molecule has 130 valence electrons. The molecule has 0 radical (unpaired) electrons. The molecule has 3 rings (SSSR count). The predicted molar refractivity (Wildman–Crippen MR) is 93.7 cm³/mol. The third kappa shape index (κ3) is 3.80. The van der Waals surface area contributed by atoms with Crippen molar-refractivity contribution in [3.05, 3.63) is 66.1 Å². The SMILES string of the molecule is NC(NS(=O)(=O)c1ccccc1F)=[NH+]CCc1c[nH]c2ccccc12. The number of guanidine groups is 1. The van der Waals surface area contributed by atoms with Crippen LogP contribution < -0.4 is 15.4 Å². The van der Waals surface area contributed by atoms with Gasteiger partial charge in [-0.25, -0.2) is 4.39 Å². The molecule has 0 amide bonds. The van der Waals surface area contributed by atoms with Crippen molar-refractivity contribution in [3.8, 4) is 0 Å². The third-order valence-electron chi connectivity index (χ3n) is 3.76. The lowest BCUT2D eigenvalue weighted by atomic mass is 10.1. The normalized spacial score (nSPS) is 12.4. The Balaban J connectivity index is 1.67. The van der Waals surface area contributed by atoms with Gasteiger partial charge in [-0.05, 0) is 23.8 Å². The standard InChI is InChI=1S/C17H17FN4O2S/c18-14-6-2-4-8-16(14)25(23,24)22-17(19)20-10-9-12-11-21-15-7-3-1-5-13(12)15/h1-8,11,21H,9-10H2,(H3,19,20,22)/p+1. The summed E-state index contributed by atoms with van der Waals surface area (Å²) in [6, 6.07) is 13.0. The van der Waals surface area contributed by atoms with Crippen LogP contribution in [-0.2, 0) is 16.4 Å². The van der Waals surface area contributed by atoms with E-state index < -0.39 is 20.7 Å². The highest BCUT2D eigenvalue weighted by Gasteiger charge is 2.22. The van der Waals surface area contributed by atoms with Crippen LogP contribution in [0.15, 0.2) is 59.6 Å². The summed E-state index contributed by atoms with van der Waals surface area (Å²) in [4.78, 5) is 5.52. The molecule has 2 aromatic carbocycles. The molecule has 0 aliphatic carbocycles. The number of H-pyrrole nitrogens is 1. The van der Waals surface area contributed by atoms with Gasteiger partial charge in [0.2, 0.25) is 0 Å². The minimum atomic E-state index is -4.06. The van der Waals surface area contributed by atoms with Crippen LogP contribution in [0.25, 0.3) is 10.9 Å². The first kappa shape index (κ1) is 17.0. The highest BCUT2D eigenvalue weighted by molar-refractivity contribution is 7.90. The Kier molecular flexibility index (Phi) is 4.71. The summed E-state index contributed by atoms with van der Waals surface area (Å²) in [6.07, 6.45) is 2.55. The van der Waals surface area contributed by atoms with Gasteiger partial charge in [-0.1, -0.05) is 30.3 Å². The van der Waals surface area contributed by atoms with E-state index in [0.29, 0.717) is 13.0 Å². The van der Waals surface area contributed by atoms with E-state index in [0.717, 1.165) is 22.5 Å². The van der Waals surface area contributed by atoms with Crippen molar-refractivity contribution in [1.82, 2.24) is 9.71 Å². The third-order valence-corrected chi connectivity index (χ3v) is 5.15. The maximum absolute atomic E-state index is 13.6. The largest absolute Gasteiger partial charge is 0.361 e. The van der Waals surface area contributed by atoms with Gasteiger partial charge in [0.05, 0.1) is 6.54 Å². The zero-order valence-corrected chi connectivity index (χ0v) is 14.1. The number of fused-ring (bicyclic) bond motifs is 1. The molecule has 3 aromatic rings. The number of halogens is 1. The molecule has 25 heavy (non-hydrogen) atoms. The molecule has 0 aliphatic rings. The van der Waals surface area contributed by atoms with E-state index in [4.69, 9.17) is 5.73 Å². The van der Waals surface area contributed by atoms with Crippen molar-refractivity contribution < 1.29 is 17.8 Å². The second-order valence-electron chi connectivity index (χ2n) is 5.49. The van der Waals surface area contributed by atoms with Crippen LogP contribution in [0.2, 0.25) is 0 Å². The number of sulfonamides is 1. The number of hydrogen-bond acceptors (Lipinski definition) is 2. The summed E-state index contributed by atoms with van der Waals surface area (Å²) in [6.45, 7) is 0.424. The zero-order valence-electron chi connectivity index (χ0n) is 13.3. The summed E-state index contributed by atoms with van der Waals surface area (Å²) in [5, 5.41) is 1.11. The van der Waals surface area contributed by atoms with Gasteiger partial charge in [0, 0.05) is 23.5 Å². The maximum Gasteiger partial charge on any atom is 0.356 e. The predicted octanol–water partition coefficient (Wildman–Crippen LogP) is 0.223. The topological polar surface area (TPSA) is 102 Å². The van der Waals surface area contributed by atoms with E-state index in [2.05, 4.69) is 14.7 Å². The van der Waals surface area contributed by atoms with Gasteiger partial charge in [-0.2, -0.15) is 13.1 Å². The molecule has 0 fully saturated rings. The smallest absolute Gasteiger partial charge is 0.356 e. The Morgan fingerprint density at radius 2 is 1.88 bits per heavy atom. The molecule has 1 aromatic heterocycles. The van der Waals surface area contributed by atoms with Gasteiger partial charge < -0.3 is 4.98 Å². The van der Waals surface area contributed by atoms with Gasteiger partial charge >= 0.3 is 16.0 Å². The van der Waals surface area contributed by atoms with Crippen LogP contribution in [0.3, 0.4) is 0 Å². The molecule has 0 saturated heterocycles. The number of rotatable bonds is 5. The minimum absolute atomic E-state index is 0.150. The van der Waals surface area contributed by atoms with Crippen molar-refractivity contribution in [2.45, 2.75) is 11.3 Å². The first-order valence-corrected chi connectivity index (χ1v) is 9.14. The summed E-state index contributed by atoms with van der Waals surface area (Å²) < 4.78 is 40.0. The highest BCUT2D eigenvalue weighted by atomic mass is 32.2. The molecule has 0 bridgehead atoms. The van der Waals surface area contributed by atoms with E-state index in [-0.39, 0.29) is 5.96 Å². The Bertz CT molecular complexity index is 1030. The van der Waals surface area contributed by atoms with E-state index >= 15 is 0 Å². The number of para-hydroxylation sites is 1. The van der Waals surface area contributed by atoms with Gasteiger partial charge in [0.25, 0.3) is 0 Å². The van der Waals surface area contributed by atoms with E-state index in [1.165, 1.54) is 18.2 Å². The Morgan fingerprint density at radius 3 is 2.68 bits per heavy atom. The molecule has 5 N–H and O–H groups in total. The van der Waals surface area contributed by atoms with Crippen LogP contribution in [0.1, 0.15) is 5.56 Å². The average Bonchev–Trinajstić information content (AvgIpc) is 2.98. The van der Waals surface area contributed by atoms with Crippen molar-refractivity contribution in [1.29, 1.82) is 0 Å². The van der Waals surface area contributed by atoms with E-state index in [9.17, 15) is 12.8 Å². The second kappa shape index (κ2) is 6.94. The van der Waals surface area contributed by atoms with Crippen molar-refractivity contribution >= 4 is 26.9 Å². The fourth-order valence-corrected chi connectivity index (χ4v) is 3.62. The first-order chi connectivity index (χ1) is 12.0. The molecular formula is C17H18FN4O2S+. The quantitative estimate of drug-likeness (QED) is 0.386. The minimum Gasteiger partial charge on any atom is -0.361 e. The highest BCUT2D eigenvalue weighted by Crippen LogP contribution is 2.17. The Morgan fingerprint density at radius 1 is 1.16 bits per heavy atom. The van der Waals surface area contributed by atoms with Crippen LogP contribution in [0.5, 0.6) is 0 Å². The monoisotopic (exact) mass is 361 g/mol. The molecule has 0 atom stereocenters. The molecule has 0 unspecified atom stereocenters. The fourth-order valence-electron chi connectivity index (χ4n) is 2.57. The molecule has 0 saturated carbocycles. The summed E-state index contributed by atoms with van der Waals surface area (Å²) >= 11 is 0. The summed E-state index contributed by atoms with van der Waals surface area (Å²) in [7, 11) is -4.06. The lowest BCUT2D eigenvalue weighted by molar-refractivity contribution is -0.458. The van der Waals surface area contributed by atoms with Crippen molar-refractivity contribution in [3.63, 3.8) is 0 Å². The summed E-state index contributed by atoms with van der Waals surface area (Å²) in [5.41, 5.74) is 7.81. The molecule has 6 nitrogen and oxygen atoms in total. The van der Waals surface area contributed by atoms with Gasteiger partial charge in [-0.3, -0.25) is 10.7 Å². The van der Waals surface area contributed by atoms with Crippen molar-refractivity contribution in [2.75, 3.05) is 6.54 Å². The molecule has 0 spiro atoms. The number of aromatic amines is 1. The van der Waals surface area contributed by atoms with E-state index in [1.54, 1.807) is 0 Å². The van der Waals surface area contributed by atoms with Crippen molar-refractivity contribution in [2.24, 2.45) is 5.73 Å². The van der Waals surface area contributed by atoms with Gasteiger partial charge in [0.1, 0.15) is 10.7 Å². The number of nitrogens with one attached hydrogen (secondary N) is 3. The number of benzene rings is 2. The van der Waals surface area contributed by atoms with Crippen LogP contribution in [0.4, 0.5) is 4.39 Å². The second-order valence-corrected chi connectivity index (χ2v) is 7.14. The first-order valence-electron chi connectivity index (χ1n) is 7.66. The summed E-state index contributed by atoms with van der Waals surface area (Å²) in [5.74, 6) is -0.982. The molecule has 0 aliphatic heterocycles. The van der Waals surface area contributed by atoms with Crippen LogP contribution >= 0.6 is 0 Å². The zero-order chi connectivity index (χ0) is 17.9. The Hall–Kier alpha value is -2.87. The average molecular weight is 361 g/mol. The molecular weight excluding hydrogens is 343 g/mol. The number of hydrogen-bond donors (Lipinski definition) is 4. The van der Waals surface area contributed by atoms with E-state index in [1.807, 2.05) is 30.5 Å².